The lowest BCUT2D eigenvalue weighted by atomic mass is 9.92. The largest absolute Gasteiger partial charge is 0.379 e. The third kappa shape index (κ3) is 4.05. The molecule has 6 heteroatoms. The van der Waals surface area contributed by atoms with E-state index < -0.39 is 0 Å². The summed E-state index contributed by atoms with van der Waals surface area (Å²) in [5.74, 6) is -0.120. The van der Waals surface area contributed by atoms with E-state index in [4.69, 9.17) is 4.74 Å². The van der Waals surface area contributed by atoms with Crippen LogP contribution in [0.15, 0.2) is 6.07 Å². The van der Waals surface area contributed by atoms with Crippen LogP contribution in [0.5, 0.6) is 0 Å². The Labute approximate surface area is 119 Å². The molecule has 1 aliphatic rings. The van der Waals surface area contributed by atoms with Gasteiger partial charge in [0, 0.05) is 37.3 Å². The summed E-state index contributed by atoms with van der Waals surface area (Å²) in [6, 6.07) is 1.82. The minimum Gasteiger partial charge on any atom is -0.379 e. The van der Waals surface area contributed by atoms with Crippen LogP contribution >= 0.6 is 0 Å². The average Bonchev–Trinajstić information content (AvgIpc) is 2.89. The second-order valence-electron chi connectivity index (χ2n) is 6.13. The van der Waals surface area contributed by atoms with Crippen molar-refractivity contribution in [2.45, 2.75) is 26.2 Å². The van der Waals surface area contributed by atoms with Crippen molar-refractivity contribution in [3.8, 4) is 0 Å². The molecule has 1 aromatic rings. The normalized spacial score (nSPS) is 17.1. The number of aromatic amines is 1. The molecule has 2 N–H and O–H groups in total. The van der Waals surface area contributed by atoms with Crippen LogP contribution in [0.4, 0.5) is 0 Å². The van der Waals surface area contributed by atoms with Gasteiger partial charge in [0.15, 0.2) is 0 Å². The molecular weight excluding hydrogens is 256 g/mol. The van der Waals surface area contributed by atoms with E-state index in [1.807, 2.05) is 6.07 Å². The van der Waals surface area contributed by atoms with Crippen molar-refractivity contribution in [1.82, 2.24) is 20.4 Å². The number of hydrogen-bond donors (Lipinski definition) is 2. The Kier molecular flexibility index (Phi) is 4.77. The molecule has 0 spiro atoms. The molecule has 1 aromatic heterocycles. The van der Waals surface area contributed by atoms with Gasteiger partial charge in [0.05, 0.1) is 13.2 Å². The fraction of sp³-hybridized carbons (Fsp3) is 0.714. The number of morpholine rings is 1. The molecule has 0 saturated carbocycles. The van der Waals surface area contributed by atoms with Crippen LogP contribution in [0.2, 0.25) is 0 Å². The Balaban J connectivity index is 1.78. The highest BCUT2D eigenvalue weighted by atomic mass is 16.5. The molecule has 112 valence electrons. The molecule has 6 nitrogen and oxygen atoms in total. The minimum absolute atomic E-state index is 0.0284. The smallest absolute Gasteiger partial charge is 0.271 e. The van der Waals surface area contributed by atoms with Gasteiger partial charge in [-0.25, -0.2) is 0 Å². The van der Waals surface area contributed by atoms with Crippen molar-refractivity contribution < 1.29 is 9.53 Å². The zero-order chi connectivity index (χ0) is 14.6. The van der Waals surface area contributed by atoms with Crippen LogP contribution in [-0.2, 0) is 10.2 Å². The lowest BCUT2D eigenvalue weighted by Crippen LogP contribution is -2.41. The Morgan fingerprint density at radius 1 is 1.45 bits per heavy atom. The van der Waals surface area contributed by atoms with Gasteiger partial charge in [0.25, 0.3) is 5.91 Å². The summed E-state index contributed by atoms with van der Waals surface area (Å²) in [5, 5.41) is 9.91. The first-order valence-electron chi connectivity index (χ1n) is 7.11. The molecule has 2 rings (SSSR count). The highest BCUT2D eigenvalue weighted by Crippen LogP contribution is 2.20. The average molecular weight is 280 g/mol. The monoisotopic (exact) mass is 280 g/mol. The lowest BCUT2D eigenvalue weighted by molar-refractivity contribution is 0.0383. The fourth-order valence-corrected chi connectivity index (χ4v) is 2.07. The zero-order valence-corrected chi connectivity index (χ0v) is 12.5. The fourth-order valence-electron chi connectivity index (χ4n) is 2.07. The van der Waals surface area contributed by atoms with E-state index in [1.54, 1.807) is 0 Å². The van der Waals surface area contributed by atoms with Crippen molar-refractivity contribution >= 4 is 5.91 Å². The van der Waals surface area contributed by atoms with Gasteiger partial charge in [-0.05, 0) is 6.07 Å². The van der Waals surface area contributed by atoms with E-state index in [0.717, 1.165) is 38.5 Å². The topological polar surface area (TPSA) is 70.2 Å². The maximum Gasteiger partial charge on any atom is 0.271 e. The molecule has 1 aliphatic heterocycles. The quantitative estimate of drug-likeness (QED) is 0.854. The van der Waals surface area contributed by atoms with Crippen LogP contribution in [0, 0.1) is 0 Å². The molecule has 0 bridgehead atoms. The summed E-state index contributed by atoms with van der Waals surface area (Å²) >= 11 is 0. The summed E-state index contributed by atoms with van der Waals surface area (Å²) in [6.45, 7) is 11.2. The molecule has 1 fully saturated rings. The second kappa shape index (κ2) is 6.37. The second-order valence-corrected chi connectivity index (χ2v) is 6.13. The molecule has 0 unspecified atom stereocenters. The standard InChI is InChI=1S/C14H24N4O2/c1-14(2,3)12-10-11(16-17-12)13(19)15-4-5-18-6-8-20-9-7-18/h10H,4-9H2,1-3H3,(H,15,19)(H,16,17). The Morgan fingerprint density at radius 2 is 2.15 bits per heavy atom. The molecule has 0 atom stereocenters. The molecule has 0 radical (unpaired) electrons. The predicted octanol–water partition coefficient (Wildman–Crippen LogP) is 0.769. The van der Waals surface area contributed by atoms with E-state index in [-0.39, 0.29) is 11.3 Å². The van der Waals surface area contributed by atoms with Gasteiger partial charge in [0.2, 0.25) is 0 Å². The van der Waals surface area contributed by atoms with E-state index in [9.17, 15) is 4.79 Å². The molecule has 0 aromatic carbocycles. The van der Waals surface area contributed by atoms with Crippen molar-refractivity contribution in [2.24, 2.45) is 0 Å². The van der Waals surface area contributed by atoms with E-state index in [0.29, 0.717) is 12.2 Å². The summed E-state index contributed by atoms with van der Waals surface area (Å²) < 4.78 is 5.29. The third-order valence-electron chi connectivity index (χ3n) is 3.44. The van der Waals surface area contributed by atoms with E-state index in [2.05, 4.69) is 41.2 Å². The van der Waals surface area contributed by atoms with Crippen LogP contribution in [0.3, 0.4) is 0 Å². The number of nitrogens with one attached hydrogen (secondary N) is 2. The van der Waals surface area contributed by atoms with Crippen LogP contribution in [0.1, 0.15) is 37.0 Å². The number of nitrogens with zero attached hydrogens (tertiary/aromatic N) is 2. The molecule has 20 heavy (non-hydrogen) atoms. The molecule has 2 heterocycles. The Bertz CT molecular complexity index is 444. The molecule has 1 amide bonds. The SMILES string of the molecule is CC(C)(C)c1cc(C(=O)NCCN2CCOCC2)n[nH]1. The number of hydrogen-bond acceptors (Lipinski definition) is 4. The van der Waals surface area contributed by atoms with Crippen LogP contribution in [-0.4, -0.2) is 60.4 Å². The number of rotatable bonds is 4. The van der Waals surface area contributed by atoms with Gasteiger partial charge in [-0.3, -0.25) is 14.8 Å². The summed E-state index contributed by atoms with van der Waals surface area (Å²) in [6.07, 6.45) is 0. The van der Waals surface area contributed by atoms with E-state index >= 15 is 0 Å². The number of H-pyrrole nitrogens is 1. The first kappa shape index (κ1) is 15.0. The number of aromatic nitrogens is 2. The zero-order valence-electron chi connectivity index (χ0n) is 12.5. The Morgan fingerprint density at radius 3 is 2.75 bits per heavy atom. The summed E-state index contributed by atoms with van der Waals surface area (Å²) in [4.78, 5) is 14.3. The highest BCUT2D eigenvalue weighted by Gasteiger charge is 2.19. The van der Waals surface area contributed by atoms with Crippen LogP contribution in [0.25, 0.3) is 0 Å². The molecular formula is C14H24N4O2. The predicted molar refractivity (Wildman–Crippen MR) is 76.9 cm³/mol. The van der Waals surface area contributed by atoms with Crippen LogP contribution < -0.4 is 5.32 Å². The molecule has 1 saturated heterocycles. The Hall–Kier alpha value is -1.40. The maximum atomic E-state index is 12.0. The van der Waals surface area contributed by atoms with Crippen molar-refractivity contribution in [3.05, 3.63) is 17.5 Å². The minimum atomic E-state index is -0.120. The highest BCUT2D eigenvalue weighted by molar-refractivity contribution is 5.92. The summed E-state index contributed by atoms with van der Waals surface area (Å²) in [7, 11) is 0. The van der Waals surface area contributed by atoms with Crippen molar-refractivity contribution in [1.29, 1.82) is 0 Å². The number of ether oxygens (including phenoxy) is 1. The number of amides is 1. The third-order valence-corrected chi connectivity index (χ3v) is 3.44. The van der Waals surface area contributed by atoms with Crippen molar-refractivity contribution in [3.63, 3.8) is 0 Å². The maximum absolute atomic E-state index is 12.0. The van der Waals surface area contributed by atoms with Gasteiger partial charge < -0.3 is 10.1 Å². The van der Waals surface area contributed by atoms with Gasteiger partial charge in [0.1, 0.15) is 5.69 Å². The van der Waals surface area contributed by atoms with E-state index in [1.165, 1.54) is 0 Å². The number of carbonyl (C=O) groups excluding carboxylic acids is 1. The van der Waals surface area contributed by atoms with Crippen molar-refractivity contribution in [2.75, 3.05) is 39.4 Å². The number of carbonyl (C=O) groups is 1. The van der Waals surface area contributed by atoms with Gasteiger partial charge >= 0.3 is 0 Å². The molecule has 0 aliphatic carbocycles. The van der Waals surface area contributed by atoms with Gasteiger partial charge in [-0.1, -0.05) is 20.8 Å². The summed E-state index contributed by atoms with van der Waals surface area (Å²) in [5.41, 5.74) is 1.40. The first-order valence-corrected chi connectivity index (χ1v) is 7.11. The first-order chi connectivity index (χ1) is 9.47. The van der Waals surface area contributed by atoms with Gasteiger partial charge in [-0.15, -0.1) is 0 Å². The van der Waals surface area contributed by atoms with Gasteiger partial charge in [-0.2, -0.15) is 5.10 Å². The lowest BCUT2D eigenvalue weighted by Gasteiger charge is -2.26.